The molecule has 1 aliphatic heterocycles. The lowest BCUT2D eigenvalue weighted by molar-refractivity contribution is 0.0634. The number of nitrogens with zero attached hydrogens (tertiary/aromatic N) is 6. The van der Waals surface area contributed by atoms with Gasteiger partial charge in [0.15, 0.2) is 11.5 Å². The van der Waals surface area contributed by atoms with Crippen LogP contribution in [0.1, 0.15) is 47.0 Å². The number of hydrogen-bond acceptors (Lipinski definition) is 9. The SMILES string of the molecule is CCn1c(-c2nonc2NC(=O)OC(C)(C)C)nc2cncc(NCCN3CCCCC3)c21. The van der Waals surface area contributed by atoms with Gasteiger partial charge in [-0.15, -0.1) is 0 Å². The van der Waals surface area contributed by atoms with Gasteiger partial charge < -0.3 is 19.5 Å². The van der Waals surface area contributed by atoms with Crippen molar-refractivity contribution in [2.24, 2.45) is 0 Å². The fourth-order valence-corrected chi connectivity index (χ4v) is 4.06. The number of nitrogens with one attached hydrogen (secondary N) is 2. The summed E-state index contributed by atoms with van der Waals surface area (Å²) in [6.45, 7) is 12.2. The summed E-state index contributed by atoms with van der Waals surface area (Å²) in [6, 6.07) is 0. The number of pyridine rings is 1. The zero-order chi connectivity index (χ0) is 23.4. The lowest BCUT2D eigenvalue weighted by Gasteiger charge is -2.26. The molecule has 0 aromatic carbocycles. The first kappa shape index (κ1) is 23.0. The zero-order valence-corrected chi connectivity index (χ0v) is 19.7. The van der Waals surface area contributed by atoms with E-state index < -0.39 is 11.7 Å². The molecule has 4 rings (SSSR count). The first-order valence-corrected chi connectivity index (χ1v) is 11.5. The molecular weight excluding hydrogens is 424 g/mol. The Bertz CT molecular complexity index is 1090. The lowest BCUT2D eigenvalue weighted by atomic mass is 10.1. The Labute approximate surface area is 192 Å². The van der Waals surface area contributed by atoms with Crippen molar-refractivity contribution < 1.29 is 14.2 Å². The maximum absolute atomic E-state index is 12.2. The molecule has 3 aromatic heterocycles. The van der Waals surface area contributed by atoms with Crippen LogP contribution in [0.2, 0.25) is 0 Å². The van der Waals surface area contributed by atoms with Crippen molar-refractivity contribution in [3.63, 3.8) is 0 Å². The fraction of sp³-hybridized carbons (Fsp3) is 0.591. The molecule has 1 amide bonds. The Hall–Kier alpha value is -3.21. The zero-order valence-electron chi connectivity index (χ0n) is 19.7. The number of likely N-dealkylation sites (tertiary alicyclic amines) is 1. The molecule has 0 spiro atoms. The number of piperidine rings is 1. The van der Waals surface area contributed by atoms with Gasteiger partial charge in [-0.05, 0) is 63.9 Å². The number of fused-ring (bicyclic) bond motifs is 1. The summed E-state index contributed by atoms with van der Waals surface area (Å²) in [6.07, 6.45) is 6.77. The van der Waals surface area contributed by atoms with Crippen LogP contribution < -0.4 is 10.6 Å². The van der Waals surface area contributed by atoms with E-state index in [1.54, 1.807) is 27.0 Å². The van der Waals surface area contributed by atoms with Gasteiger partial charge in [0.25, 0.3) is 0 Å². The number of imidazole rings is 1. The highest BCUT2D eigenvalue weighted by Gasteiger charge is 2.25. The molecule has 0 radical (unpaired) electrons. The number of amides is 1. The molecule has 1 saturated heterocycles. The van der Waals surface area contributed by atoms with Crippen LogP contribution in [-0.2, 0) is 11.3 Å². The van der Waals surface area contributed by atoms with Crippen LogP contribution in [0, 0.1) is 0 Å². The maximum Gasteiger partial charge on any atom is 0.413 e. The van der Waals surface area contributed by atoms with E-state index in [0.29, 0.717) is 18.1 Å². The van der Waals surface area contributed by atoms with Gasteiger partial charge in [0.05, 0.1) is 23.6 Å². The van der Waals surface area contributed by atoms with Crippen LogP contribution in [-0.4, -0.2) is 67.6 Å². The van der Waals surface area contributed by atoms with E-state index in [9.17, 15) is 4.79 Å². The minimum Gasteiger partial charge on any atom is -0.444 e. The molecule has 4 heterocycles. The molecule has 1 aliphatic rings. The van der Waals surface area contributed by atoms with Crippen molar-refractivity contribution >= 4 is 28.6 Å². The monoisotopic (exact) mass is 456 g/mol. The number of carbonyl (C=O) groups is 1. The van der Waals surface area contributed by atoms with Gasteiger partial charge in [0, 0.05) is 19.6 Å². The van der Waals surface area contributed by atoms with Gasteiger partial charge in [0.1, 0.15) is 11.1 Å². The Kier molecular flexibility index (Phi) is 6.77. The summed E-state index contributed by atoms with van der Waals surface area (Å²) in [5, 5.41) is 14.0. The molecular formula is C22H32N8O3. The third-order valence-corrected chi connectivity index (χ3v) is 5.48. The second-order valence-electron chi connectivity index (χ2n) is 9.15. The Morgan fingerprint density at radius 2 is 1.97 bits per heavy atom. The molecule has 178 valence electrons. The normalized spacial score (nSPS) is 15.0. The summed E-state index contributed by atoms with van der Waals surface area (Å²) in [7, 11) is 0. The average Bonchev–Trinajstić information content (AvgIpc) is 3.37. The quantitative estimate of drug-likeness (QED) is 0.547. The molecule has 0 bridgehead atoms. The number of carbonyl (C=O) groups excluding carboxylic acids is 1. The van der Waals surface area contributed by atoms with Gasteiger partial charge >= 0.3 is 6.09 Å². The van der Waals surface area contributed by atoms with Crippen molar-refractivity contribution in [3.8, 4) is 11.5 Å². The Morgan fingerprint density at radius 1 is 1.18 bits per heavy atom. The van der Waals surface area contributed by atoms with Crippen LogP contribution in [0.5, 0.6) is 0 Å². The standard InChI is InChI=1S/C22H32N8O3/c1-5-30-18-15(24-9-12-29-10-7-6-8-11-29)13-23-14-16(18)25-20(30)17-19(28-33-27-17)26-21(31)32-22(2,3)4/h13-14,24H,5-12H2,1-4H3,(H,26,28,31). The van der Waals surface area contributed by atoms with Crippen molar-refractivity contribution in [3.05, 3.63) is 12.4 Å². The lowest BCUT2D eigenvalue weighted by Crippen LogP contribution is -2.33. The predicted molar refractivity (Wildman–Crippen MR) is 125 cm³/mol. The molecule has 2 N–H and O–H groups in total. The van der Waals surface area contributed by atoms with Gasteiger partial charge in [0.2, 0.25) is 5.82 Å². The molecule has 0 aliphatic carbocycles. The van der Waals surface area contributed by atoms with Crippen molar-refractivity contribution in [2.45, 2.75) is 59.1 Å². The van der Waals surface area contributed by atoms with E-state index in [4.69, 9.17) is 14.3 Å². The van der Waals surface area contributed by atoms with E-state index in [-0.39, 0.29) is 5.82 Å². The van der Waals surface area contributed by atoms with E-state index in [1.807, 2.05) is 17.7 Å². The molecule has 11 heteroatoms. The molecule has 1 fully saturated rings. The van der Waals surface area contributed by atoms with Crippen LogP contribution in [0.15, 0.2) is 17.0 Å². The number of ether oxygens (including phenoxy) is 1. The highest BCUT2D eigenvalue weighted by molar-refractivity contribution is 5.92. The van der Waals surface area contributed by atoms with Crippen LogP contribution in [0.4, 0.5) is 16.3 Å². The second kappa shape index (κ2) is 9.74. The average molecular weight is 457 g/mol. The Balaban J connectivity index is 1.58. The number of hydrogen-bond donors (Lipinski definition) is 2. The highest BCUT2D eigenvalue weighted by Crippen LogP contribution is 2.31. The highest BCUT2D eigenvalue weighted by atomic mass is 16.6. The van der Waals surface area contributed by atoms with Crippen LogP contribution >= 0.6 is 0 Å². The Morgan fingerprint density at radius 3 is 2.70 bits per heavy atom. The van der Waals surface area contributed by atoms with Gasteiger partial charge in [-0.1, -0.05) is 6.42 Å². The summed E-state index contributed by atoms with van der Waals surface area (Å²) >= 11 is 0. The third kappa shape index (κ3) is 5.41. The predicted octanol–water partition coefficient (Wildman–Crippen LogP) is 3.75. The third-order valence-electron chi connectivity index (χ3n) is 5.48. The molecule has 0 atom stereocenters. The van der Waals surface area contributed by atoms with E-state index >= 15 is 0 Å². The minimum absolute atomic E-state index is 0.154. The van der Waals surface area contributed by atoms with Gasteiger partial charge in [-0.2, -0.15) is 0 Å². The van der Waals surface area contributed by atoms with E-state index in [2.05, 4.69) is 30.8 Å². The first-order valence-electron chi connectivity index (χ1n) is 11.5. The van der Waals surface area contributed by atoms with Gasteiger partial charge in [-0.3, -0.25) is 10.3 Å². The number of aromatic nitrogens is 5. The summed E-state index contributed by atoms with van der Waals surface area (Å²) < 4.78 is 12.3. The van der Waals surface area contributed by atoms with Crippen molar-refractivity contribution in [1.82, 2.24) is 29.7 Å². The first-order chi connectivity index (χ1) is 15.9. The maximum atomic E-state index is 12.2. The molecule has 11 nitrogen and oxygen atoms in total. The topological polar surface area (TPSA) is 123 Å². The number of anilines is 2. The second-order valence-corrected chi connectivity index (χ2v) is 9.15. The number of aryl methyl sites for hydroxylation is 1. The summed E-state index contributed by atoms with van der Waals surface area (Å²) in [5.74, 6) is 0.689. The smallest absolute Gasteiger partial charge is 0.413 e. The summed E-state index contributed by atoms with van der Waals surface area (Å²) in [5.41, 5.74) is 2.24. The fourth-order valence-electron chi connectivity index (χ4n) is 4.06. The van der Waals surface area contributed by atoms with Crippen molar-refractivity contribution in [1.29, 1.82) is 0 Å². The van der Waals surface area contributed by atoms with Crippen LogP contribution in [0.3, 0.4) is 0 Å². The number of rotatable bonds is 7. The van der Waals surface area contributed by atoms with Crippen molar-refractivity contribution in [2.75, 3.05) is 36.8 Å². The molecule has 0 saturated carbocycles. The van der Waals surface area contributed by atoms with E-state index in [0.717, 1.165) is 42.9 Å². The van der Waals surface area contributed by atoms with E-state index in [1.165, 1.54) is 19.3 Å². The molecule has 3 aromatic rings. The molecule has 33 heavy (non-hydrogen) atoms. The summed E-state index contributed by atoms with van der Waals surface area (Å²) in [4.78, 5) is 23.8. The van der Waals surface area contributed by atoms with Crippen LogP contribution in [0.25, 0.3) is 22.6 Å². The van der Waals surface area contributed by atoms with Gasteiger partial charge in [-0.25, -0.2) is 14.4 Å². The largest absolute Gasteiger partial charge is 0.444 e. The minimum atomic E-state index is -0.640. The molecule has 0 unspecified atom stereocenters.